The summed E-state index contributed by atoms with van der Waals surface area (Å²) in [6.07, 6.45) is 0.525. The van der Waals surface area contributed by atoms with Gasteiger partial charge in [0.15, 0.2) is 0 Å². The van der Waals surface area contributed by atoms with E-state index in [9.17, 15) is 18.4 Å². The minimum Gasteiger partial charge on any atom is -0.457 e. The zero-order chi connectivity index (χ0) is 27.4. The third-order valence-electron chi connectivity index (χ3n) is 6.30. The minimum absolute atomic E-state index is 0.00825. The van der Waals surface area contributed by atoms with Crippen LogP contribution in [0.5, 0.6) is 11.5 Å². The van der Waals surface area contributed by atoms with Gasteiger partial charge in [0.2, 0.25) is 5.91 Å². The van der Waals surface area contributed by atoms with Crippen LogP contribution in [0.15, 0.2) is 66.7 Å². The number of nitrogens with zero attached hydrogens (tertiary/aromatic N) is 1. The number of likely N-dealkylation sites (tertiary alicyclic amines) is 1. The number of benzene rings is 3. The summed E-state index contributed by atoms with van der Waals surface area (Å²) >= 11 is 0. The molecular weight excluding hydrogens is 490 g/mol. The summed E-state index contributed by atoms with van der Waals surface area (Å²) < 4.78 is 38.0. The van der Waals surface area contributed by atoms with Crippen molar-refractivity contribution >= 4 is 17.7 Å². The number of amides is 2. The SMILES string of the molecule is Cc1cc(F)ccc1C[C@@H]1C[C@@H](C(=O)Nc2ccc(Oc3ccc(F)cc3)cc2)N(C(=O)OC(C)(C)C)C1. The molecule has 3 aromatic carbocycles. The van der Waals surface area contributed by atoms with Crippen LogP contribution in [-0.4, -0.2) is 35.1 Å². The molecule has 0 unspecified atom stereocenters. The van der Waals surface area contributed by atoms with Crippen LogP contribution in [0, 0.1) is 24.5 Å². The van der Waals surface area contributed by atoms with Gasteiger partial charge in [-0.05, 0) is 118 Å². The van der Waals surface area contributed by atoms with Crippen LogP contribution in [0.3, 0.4) is 0 Å². The fourth-order valence-electron chi connectivity index (χ4n) is 4.51. The third-order valence-corrected chi connectivity index (χ3v) is 6.30. The maximum atomic E-state index is 13.6. The number of hydrogen-bond acceptors (Lipinski definition) is 4. The van der Waals surface area contributed by atoms with Crippen molar-refractivity contribution in [3.8, 4) is 11.5 Å². The number of nitrogens with one attached hydrogen (secondary N) is 1. The molecule has 0 bridgehead atoms. The van der Waals surface area contributed by atoms with Crippen molar-refractivity contribution in [1.82, 2.24) is 4.90 Å². The molecule has 1 aliphatic heterocycles. The van der Waals surface area contributed by atoms with E-state index < -0.39 is 17.7 Å². The Morgan fingerprint density at radius 3 is 2.16 bits per heavy atom. The van der Waals surface area contributed by atoms with E-state index in [0.29, 0.717) is 36.6 Å². The molecule has 1 heterocycles. The monoisotopic (exact) mass is 522 g/mol. The van der Waals surface area contributed by atoms with E-state index in [1.165, 1.54) is 41.3 Å². The molecule has 0 aliphatic carbocycles. The van der Waals surface area contributed by atoms with Gasteiger partial charge in [0.1, 0.15) is 34.8 Å². The van der Waals surface area contributed by atoms with Gasteiger partial charge in [0.05, 0.1) is 0 Å². The Bertz CT molecular complexity index is 1290. The van der Waals surface area contributed by atoms with E-state index in [0.717, 1.165) is 11.1 Å². The van der Waals surface area contributed by atoms with E-state index >= 15 is 0 Å². The van der Waals surface area contributed by atoms with Gasteiger partial charge in [-0.25, -0.2) is 13.6 Å². The molecule has 200 valence electrons. The van der Waals surface area contributed by atoms with Crippen LogP contribution in [-0.2, 0) is 16.0 Å². The van der Waals surface area contributed by atoms with Gasteiger partial charge in [-0.3, -0.25) is 9.69 Å². The molecule has 3 aromatic rings. The number of ether oxygens (including phenoxy) is 2. The summed E-state index contributed by atoms with van der Waals surface area (Å²) in [5, 5.41) is 2.89. The lowest BCUT2D eigenvalue weighted by atomic mass is 9.94. The molecule has 6 nitrogen and oxygen atoms in total. The van der Waals surface area contributed by atoms with E-state index in [1.807, 2.05) is 6.92 Å². The predicted octanol–water partition coefficient (Wildman–Crippen LogP) is 6.87. The molecular formula is C30H32F2N2O4. The van der Waals surface area contributed by atoms with Crippen LogP contribution in [0.4, 0.5) is 19.3 Å². The second kappa shape index (κ2) is 11.2. The Hall–Kier alpha value is -3.94. The number of carbonyl (C=O) groups excluding carboxylic acids is 2. The van der Waals surface area contributed by atoms with Crippen molar-refractivity contribution in [3.63, 3.8) is 0 Å². The summed E-state index contributed by atoms with van der Waals surface area (Å²) in [6.45, 7) is 7.56. The maximum absolute atomic E-state index is 13.6. The first kappa shape index (κ1) is 27.1. The second-order valence-electron chi connectivity index (χ2n) is 10.6. The second-order valence-corrected chi connectivity index (χ2v) is 10.6. The molecule has 8 heteroatoms. The van der Waals surface area contributed by atoms with Crippen LogP contribution < -0.4 is 10.1 Å². The lowest BCUT2D eigenvalue weighted by Gasteiger charge is -2.28. The highest BCUT2D eigenvalue weighted by Crippen LogP contribution is 2.30. The highest BCUT2D eigenvalue weighted by molar-refractivity contribution is 5.97. The predicted molar refractivity (Wildman–Crippen MR) is 141 cm³/mol. The van der Waals surface area contributed by atoms with E-state index in [4.69, 9.17) is 9.47 Å². The molecule has 2 atom stereocenters. The van der Waals surface area contributed by atoms with Crippen LogP contribution in [0.2, 0.25) is 0 Å². The average molecular weight is 523 g/mol. The van der Waals surface area contributed by atoms with Crippen molar-refractivity contribution in [2.75, 3.05) is 11.9 Å². The van der Waals surface area contributed by atoms with Crippen LogP contribution in [0.25, 0.3) is 0 Å². The van der Waals surface area contributed by atoms with E-state index in [2.05, 4.69) is 5.32 Å². The molecule has 38 heavy (non-hydrogen) atoms. The Balaban J connectivity index is 1.45. The highest BCUT2D eigenvalue weighted by Gasteiger charge is 2.41. The third kappa shape index (κ3) is 7.09. The number of halogens is 2. The highest BCUT2D eigenvalue weighted by atomic mass is 19.1. The van der Waals surface area contributed by atoms with Gasteiger partial charge in [-0.2, -0.15) is 0 Å². The minimum atomic E-state index is -0.717. The van der Waals surface area contributed by atoms with Crippen molar-refractivity contribution in [2.45, 2.75) is 52.2 Å². The Labute approximate surface area is 221 Å². The van der Waals surface area contributed by atoms with Crippen molar-refractivity contribution in [2.24, 2.45) is 5.92 Å². The summed E-state index contributed by atoms with van der Waals surface area (Å²) in [5.74, 6) is 0.0673. The molecule has 1 fully saturated rings. The number of aryl methyl sites for hydroxylation is 1. The number of carbonyl (C=O) groups is 2. The van der Waals surface area contributed by atoms with E-state index in [1.54, 1.807) is 51.1 Å². The molecule has 4 rings (SSSR count). The van der Waals surface area contributed by atoms with Crippen LogP contribution in [0.1, 0.15) is 38.3 Å². The van der Waals surface area contributed by atoms with Crippen molar-refractivity contribution in [3.05, 3.63) is 89.5 Å². The summed E-state index contributed by atoms with van der Waals surface area (Å²) in [6, 6.07) is 16.4. The molecule has 1 aliphatic rings. The lowest BCUT2D eigenvalue weighted by molar-refractivity contribution is -0.120. The standard InChI is InChI=1S/C30H32F2N2O4/c1-19-15-23(32)6-5-21(19)16-20-17-27(34(18-20)29(36)38-30(2,3)4)28(35)33-24-9-13-26(14-10-24)37-25-11-7-22(31)8-12-25/h5-15,20,27H,16-18H2,1-4H3,(H,33,35)/t20-,27+/m1/s1. The Kier molecular flexibility index (Phi) is 7.99. The van der Waals surface area contributed by atoms with Gasteiger partial charge in [-0.15, -0.1) is 0 Å². The Morgan fingerprint density at radius 1 is 0.947 bits per heavy atom. The molecule has 1 saturated heterocycles. The first-order valence-electron chi connectivity index (χ1n) is 12.6. The fourth-order valence-corrected chi connectivity index (χ4v) is 4.51. The molecule has 1 N–H and O–H groups in total. The molecule has 0 radical (unpaired) electrons. The average Bonchev–Trinajstić information content (AvgIpc) is 3.27. The van der Waals surface area contributed by atoms with Gasteiger partial charge in [0.25, 0.3) is 0 Å². The summed E-state index contributed by atoms with van der Waals surface area (Å²) in [5.41, 5.74) is 1.66. The molecule has 0 aromatic heterocycles. The van der Waals surface area contributed by atoms with Gasteiger partial charge in [0, 0.05) is 12.2 Å². The van der Waals surface area contributed by atoms with Gasteiger partial charge < -0.3 is 14.8 Å². The fraction of sp³-hybridized carbons (Fsp3) is 0.333. The first-order chi connectivity index (χ1) is 18.0. The largest absolute Gasteiger partial charge is 0.457 e. The van der Waals surface area contributed by atoms with Crippen molar-refractivity contribution < 1.29 is 27.8 Å². The maximum Gasteiger partial charge on any atom is 0.410 e. The lowest BCUT2D eigenvalue weighted by Crippen LogP contribution is -2.45. The number of anilines is 1. The topological polar surface area (TPSA) is 67.9 Å². The summed E-state index contributed by atoms with van der Waals surface area (Å²) in [4.78, 5) is 27.8. The molecule has 0 spiro atoms. The van der Waals surface area contributed by atoms with Crippen molar-refractivity contribution in [1.29, 1.82) is 0 Å². The molecule has 0 saturated carbocycles. The normalized spacial score (nSPS) is 17.3. The first-order valence-corrected chi connectivity index (χ1v) is 12.6. The smallest absolute Gasteiger partial charge is 0.410 e. The number of hydrogen-bond donors (Lipinski definition) is 1. The quantitative estimate of drug-likeness (QED) is 0.384. The van der Waals surface area contributed by atoms with Gasteiger partial charge >= 0.3 is 6.09 Å². The summed E-state index contributed by atoms with van der Waals surface area (Å²) in [7, 11) is 0. The van der Waals surface area contributed by atoms with Crippen LogP contribution >= 0.6 is 0 Å². The zero-order valence-electron chi connectivity index (χ0n) is 22.0. The Morgan fingerprint density at radius 2 is 1.55 bits per heavy atom. The zero-order valence-corrected chi connectivity index (χ0v) is 22.0. The number of rotatable bonds is 6. The molecule has 2 amide bonds. The van der Waals surface area contributed by atoms with E-state index in [-0.39, 0.29) is 23.5 Å². The van der Waals surface area contributed by atoms with Gasteiger partial charge in [-0.1, -0.05) is 6.07 Å².